The largest absolute Gasteiger partial charge is 0.573 e. The van der Waals surface area contributed by atoms with Gasteiger partial charge in [0.05, 0.1) is 6.42 Å². The van der Waals surface area contributed by atoms with Crippen LogP contribution in [0.1, 0.15) is 12.5 Å². The maximum absolute atomic E-state index is 12.1. The quantitative estimate of drug-likeness (QED) is 0.928. The van der Waals surface area contributed by atoms with E-state index in [-0.39, 0.29) is 24.1 Å². The smallest absolute Gasteiger partial charge is 0.406 e. The molecule has 0 spiro atoms. The molecule has 1 atom stereocenters. The van der Waals surface area contributed by atoms with E-state index in [1.54, 1.807) is 4.90 Å². The second kappa shape index (κ2) is 6.34. The molecule has 1 amide bonds. The molecule has 1 saturated heterocycles. The topological polar surface area (TPSA) is 41.6 Å². The van der Waals surface area contributed by atoms with Crippen molar-refractivity contribution < 1.29 is 22.7 Å². The van der Waals surface area contributed by atoms with Crippen molar-refractivity contribution in [3.05, 3.63) is 29.8 Å². The average molecular weight is 302 g/mol. The molecule has 0 unspecified atom stereocenters. The molecule has 1 N–H and O–H groups in total. The van der Waals surface area contributed by atoms with Gasteiger partial charge in [0.25, 0.3) is 0 Å². The predicted octanol–water partition coefficient (Wildman–Crippen LogP) is 1.95. The van der Waals surface area contributed by atoms with E-state index < -0.39 is 6.36 Å². The highest BCUT2D eigenvalue weighted by Gasteiger charge is 2.31. The zero-order valence-corrected chi connectivity index (χ0v) is 11.6. The van der Waals surface area contributed by atoms with Crippen molar-refractivity contribution in [1.82, 2.24) is 10.2 Å². The molecule has 1 aromatic rings. The molecule has 21 heavy (non-hydrogen) atoms. The first-order valence-corrected chi connectivity index (χ1v) is 6.69. The normalized spacial score (nSPS) is 19.4. The third kappa shape index (κ3) is 4.93. The van der Waals surface area contributed by atoms with Gasteiger partial charge in [0.15, 0.2) is 0 Å². The van der Waals surface area contributed by atoms with Gasteiger partial charge in [-0.2, -0.15) is 0 Å². The molecule has 0 radical (unpaired) electrons. The Hall–Kier alpha value is -1.76. The lowest BCUT2D eigenvalue weighted by atomic mass is 10.1. The Morgan fingerprint density at radius 3 is 2.62 bits per heavy atom. The summed E-state index contributed by atoms with van der Waals surface area (Å²) in [7, 11) is 0. The summed E-state index contributed by atoms with van der Waals surface area (Å²) in [5.74, 6) is -0.303. The van der Waals surface area contributed by atoms with Gasteiger partial charge >= 0.3 is 6.36 Å². The Labute approximate surface area is 120 Å². The Balaban J connectivity index is 1.92. The van der Waals surface area contributed by atoms with E-state index in [1.807, 2.05) is 6.92 Å². The number of benzene rings is 1. The van der Waals surface area contributed by atoms with Crippen LogP contribution in [0, 0.1) is 0 Å². The minimum Gasteiger partial charge on any atom is -0.406 e. The zero-order chi connectivity index (χ0) is 15.5. The molecule has 0 aromatic heterocycles. The van der Waals surface area contributed by atoms with Crippen LogP contribution in [-0.4, -0.2) is 42.8 Å². The summed E-state index contributed by atoms with van der Waals surface area (Å²) < 4.78 is 39.9. The third-order valence-electron chi connectivity index (χ3n) is 3.23. The van der Waals surface area contributed by atoms with Crippen LogP contribution in [0.25, 0.3) is 0 Å². The molecule has 1 heterocycles. The van der Waals surface area contributed by atoms with E-state index >= 15 is 0 Å². The summed E-state index contributed by atoms with van der Waals surface area (Å²) in [6.07, 6.45) is -4.52. The Morgan fingerprint density at radius 2 is 2.05 bits per heavy atom. The second-order valence-corrected chi connectivity index (χ2v) is 5.06. The summed E-state index contributed by atoms with van der Waals surface area (Å²) in [4.78, 5) is 13.9. The molecule has 1 fully saturated rings. The van der Waals surface area contributed by atoms with Crippen LogP contribution >= 0.6 is 0 Å². The van der Waals surface area contributed by atoms with Gasteiger partial charge in [-0.1, -0.05) is 12.1 Å². The first-order chi connectivity index (χ1) is 9.83. The van der Waals surface area contributed by atoms with Gasteiger partial charge in [-0.15, -0.1) is 13.2 Å². The molecule has 7 heteroatoms. The molecule has 1 aliphatic heterocycles. The van der Waals surface area contributed by atoms with Crippen LogP contribution in [0.5, 0.6) is 5.75 Å². The molecule has 4 nitrogen and oxygen atoms in total. The van der Waals surface area contributed by atoms with Crippen molar-refractivity contribution in [1.29, 1.82) is 0 Å². The Kier molecular flexibility index (Phi) is 4.72. The van der Waals surface area contributed by atoms with Crippen molar-refractivity contribution in [2.45, 2.75) is 25.7 Å². The number of nitrogens with one attached hydrogen (secondary N) is 1. The number of halogens is 3. The summed E-state index contributed by atoms with van der Waals surface area (Å²) in [6.45, 7) is 4.06. The number of nitrogens with zero attached hydrogens (tertiary/aromatic N) is 1. The highest BCUT2D eigenvalue weighted by Crippen LogP contribution is 2.23. The van der Waals surface area contributed by atoms with E-state index in [0.29, 0.717) is 18.7 Å². The number of rotatable bonds is 3. The highest BCUT2D eigenvalue weighted by molar-refractivity contribution is 5.79. The predicted molar refractivity (Wildman–Crippen MR) is 70.9 cm³/mol. The first kappa shape index (κ1) is 15.6. The summed E-state index contributed by atoms with van der Waals surface area (Å²) >= 11 is 0. The molecule has 1 aromatic carbocycles. The maximum Gasteiger partial charge on any atom is 0.573 e. The molecule has 0 bridgehead atoms. The van der Waals surface area contributed by atoms with Gasteiger partial charge in [-0.25, -0.2) is 0 Å². The number of alkyl halides is 3. The third-order valence-corrected chi connectivity index (χ3v) is 3.23. The van der Waals surface area contributed by atoms with Crippen molar-refractivity contribution in [3.8, 4) is 5.75 Å². The number of hydrogen-bond acceptors (Lipinski definition) is 3. The van der Waals surface area contributed by atoms with E-state index in [2.05, 4.69) is 10.1 Å². The van der Waals surface area contributed by atoms with E-state index in [9.17, 15) is 18.0 Å². The fourth-order valence-corrected chi connectivity index (χ4v) is 2.25. The molecule has 0 saturated carbocycles. The number of ether oxygens (including phenoxy) is 1. The van der Waals surface area contributed by atoms with Crippen molar-refractivity contribution >= 4 is 5.91 Å². The lowest BCUT2D eigenvalue weighted by Gasteiger charge is -2.32. The van der Waals surface area contributed by atoms with Gasteiger partial charge in [-0.05, 0) is 24.6 Å². The van der Waals surface area contributed by atoms with E-state index in [4.69, 9.17) is 0 Å². The van der Waals surface area contributed by atoms with Gasteiger partial charge < -0.3 is 15.0 Å². The van der Waals surface area contributed by atoms with Crippen molar-refractivity contribution in [2.75, 3.05) is 19.6 Å². The van der Waals surface area contributed by atoms with Crippen LogP contribution in [-0.2, 0) is 11.2 Å². The molecule has 0 aliphatic carbocycles. The SMILES string of the molecule is C[C@H]1CN(C(=O)Cc2ccc(OC(F)(F)F)cc2)CCN1. The highest BCUT2D eigenvalue weighted by atomic mass is 19.4. The minimum atomic E-state index is -4.70. The number of hydrogen-bond donors (Lipinski definition) is 1. The van der Waals surface area contributed by atoms with Gasteiger partial charge in [0.2, 0.25) is 5.91 Å². The fraction of sp³-hybridized carbons (Fsp3) is 0.500. The summed E-state index contributed by atoms with van der Waals surface area (Å²) in [5, 5.41) is 3.24. The summed E-state index contributed by atoms with van der Waals surface area (Å²) in [5.41, 5.74) is 0.667. The fourth-order valence-electron chi connectivity index (χ4n) is 2.25. The Morgan fingerprint density at radius 1 is 1.38 bits per heavy atom. The van der Waals surface area contributed by atoms with Crippen LogP contribution < -0.4 is 10.1 Å². The number of carbonyl (C=O) groups is 1. The van der Waals surface area contributed by atoms with Gasteiger partial charge in [0, 0.05) is 25.7 Å². The Bertz CT molecular complexity index is 488. The van der Waals surface area contributed by atoms with E-state index in [0.717, 1.165) is 6.54 Å². The maximum atomic E-state index is 12.1. The van der Waals surface area contributed by atoms with Crippen molar-refractivity contribution in [3.63, 3.8) is 0 Å². The van der Waals surface area contributed by atoms with Crippen LogP contribution in [0.15, 0.2) is 24.3 Å². The molecular formula is C14H17F3N2O2. The summed E-state index contributed by atoms with van der Waals surface area (Å²) in [6, 6.07) is 5.65. The number of carbonyl (C=O) groups excluding carboxylic acids is 1. The molecule has 116 valence electrons. The first-order valence-electron chi connectivity index (χ1n) is 6.69. The lowest BCUT2D eigenvalue weighted by molar-refractivity contribution is -0.274. The van der Waals surface area contributed by atoms with Crippen molar-refractivity contribution in [2.24, 2.45) is 0 Å². The second-order valence-electron chi connectivity index (χ2n) is 5.06. The molecule has 1 aliphatic rings. The minimum absolute atomic E-state index is 0.0205. The molecule has 2 rings (SSSR count). The van der Waals surface area contributed by atoms with Gasteiger partial charge in [0.1, 0.15) is 5.75 Å². The standard InChI is InChI=1S/C14H17F3N2O2/c1-10-9-19(7-6-18-10)13(20)8-11-2-4-12(5-3-11)21-14(15,16)17/h2-5,10,18H,6-9H2,1H3/t10-/m0/s1. The molecular weight excluding hydrogens is 285 g/mol. The zero-order valence-electron chi connectivity index (χ0n) is 11.6. The number of piperazine rings is 1. The monoisotopic (exact) mass is 302 g/mol. The van der Waals surface area contributed by atoms with E-state index in [1.165, 1.54) is 24.3 Å². The van der Waals surface area contributed by atoms with Crippen LogP contribution in [0.3, 0.4) is 0 Å². The van der Waals surface area contributed by atoms with Crippen LogP contribution in [0.4, 0.5) is 13.2 Å². The lowest BCUT2D eigenvalue weighted by Crippen LogP contribution is -2.51. The number of amides is 1. The average Bonchev–Trinajstić information content (AvgIpc) is 2.39. The van der Waals surface area contributed by atoms with Gasteiger partial charge in [-0.3, -0.25) is 4.79 Å². The van der Waals surface area contributed by atoms with Crippen LogP contribution in [0.2, 0.25) is 0 Å².